The van der Waals surface area contributed by atoms with Crippen molar-refractivity contribution in [2.24, 2.45) is 0 Å². The van der Waals surface area contributed by atoms with Crippen molar-refractivity contribution in [3.8, 4) is 5.75 Å². The molecule has 0 unspecified atom stereocenters. The smallest absolute Gasteiger partial charge is 0.261 e. The molecule has 0 saturated heterocycles. The molecule has 0 spiro atoms. The first kappa shape index (κ1) is 26.0. The molecule has 1 N–H and O–H groups in total. The second-order valence-electron chi connectivity index (χ2n) is 8.26. The molecule has 0 saturated carbocycles. The van der Waals surface area contributed by atoms with Crippen molar-refractivity contribution in [1.82, 2.24) is 10.2 Å². The molecule has 3 aromatic carbocycles. The molecule has 0 heterocycles. The third kappa shape index (κ3) is 8.02. The molecule has 1 atom stereocenters. The molecule has 3 rings (SSSR count). The molecule has 0 radical (unpaired) electrons. The lowest BCUT2D eigenvalue weighted by Crippen LogP contribution is -2.52. The lowest BCUT2D eigenvalue weighted by Gasteiger charge is -2.32. The fourth-order valence-electron chi connectivity index (χ4n) is 3.48. The van der Waals surface area contributed by atoms with E-state index in [2.05, 4.69) is 27.9 Å². The molecule has 2 amide bonds. The summed E-state index contributed by atoms with van der Waals surface area (Å²) in [5, 5.41) is 3.59. The van der Waals surface area contributed by atoms with Crippen LogP contribution in [0.4, 0.5) is 0 Å². The maximum Gasteiger partial charge on any atom is 0.261 e. The highest BCUT2D eigenvalue weighted by atomic mass is 127. The summed E-state index contributed by atoms with van der Waals surface area (Å²) < 4.78 is 6.85. The van der Waals surface area contributed by atoms with Gasteiger partial charge in [0.05, 0.1) is 0 Å². The molecule has 5 nitrogen and oxygen atoms in total. The zero-order chi connectivity index (χ0) is 24.5. The second-order valence-corrected chi connectivity index (χ2v) is 9.94. The third-order valence-corrected chi connectivity index (χ3v) is 6.12. The van der Waals surface area contributed by atoms with Crippen LogP contribution in [0.3, 0.4) is 0 Å². The summed E-state index contributed by atoms with van der Waals surface area (Å²) in [6.45, 7) is 3.90. The van der Waals surface area contributed by atoms with Crippen LogP contribution in [0.25, 0.3) is 0 Å². The van der Waals surface area contributed by atoms with Crippen molar-refractivity contribution >= 4 is 46.0 Å². The van der Waals surface area contributed by atoms with Gasteiger partial charge in [-0.25, -0.2) is 0 Å². The Hall–Kier alpha value is -2.58. The topological polar surface area (TPSA) is 58.6 Å². The van der Waals surface area contributed by atoms with Crippen LogP contribution in [-0.4, -0.2) is 35.4 Å². The van der Waals surface area contributed by atoms with E-state index < -0.39 is 6.04 Å². The van der Waals surface area contributed by atoms with Gasteiger partial charge in [-0.2, -0.15) is 0 Å². The Morgan fingerprint density at radius 1 is 0.941 bits per heavy atom. The van der Waals surface area contributed by atoms with Crippen molar-refractivity contribution in [2.45, 2.75) is 38.9 Å². The predicted molar refractivity (Wildman–Crippen MR) is 144 cm³/mol. The zero-order valence-electron chi connectivity index (χ0n) is 19.2. The highest BCUT2D eigenvalue weighted by Crippen LogP contribution is 2.18. The number of ether oxygens (including phenoxy) is 1. The van der Waals surface area contributed by atoms with E-state index in [4.69, 9.17) is 16.3 Å². The summed E-state index contributed by atoms with van der Waals surface area (Å²) >= 11 is 8.27. The Morgan fingerprint density at radius 3 is 2.21 bits per heavy atom. The van der Waals surface area contributed by atoms with E-state index in [0.29, 0.717) is 17.2 Å². The van der Waals surface area contributed by atoms with Gasteiger partial charge < -0.3 is 15.0 Å². The number of nitrogens with one attached hydrogen (secondary N) is 1. The number of rotatable bonds is 10. The Kier molecular flexibility index (Phi) is 9.77. The minimum absolute atomic E-state index is 0.0544. The van der Waals surface area contributed by atoms with Crippen molar-refractivity contribution in [3.63, 3.8) is 0 Å². The predicted octanol–water partition coefficient (Wildman–Crippen LogP) is 5.49. The molecule has 0 aliphatic carbocycles. The molecule has 0 aromatic heterocycles. The lowest BCUT2D eigenvalue weighted by atomic mass is 10.0. The van der Waals surface area contributed by atoms with Crippen molar-refractivity contribution < 1.29 is 14.3 Å². The normalized spacial score (nSPS) is 11.7. The molecular weight excluding hydrogens is 563 g/mol. The lowest BCUT2D eigenvalue weighted by molar-refractivity contribution is -0.143. The Labute approximate surface area is 219 Å². The van der Waals surface area contributed by atoms with E-state index in [0.717, 1.165) is 14.7 Å². The number of amides is 2. The monoisotopic (exact) mass is 590 g/mol. The molecule has 7 heteroatoms. The molecular formula is C27H28ClIN2O3. The summed E-state index contributed by atoms with van der Waals surface area (Å²) in [6, 6.07) is 23.7. The fraction of sp³-hybridized carbons (Fsp3) is 0.259. The van der Waals surface area contributed by atoms with Gasteiger partial charge in [0.15, 0.2) is 6.61 Å². The molecule has 0 aliphatic rings. The number of hydrogen-bond donors (Lipinski definition) is 1. The summed E-state index contributed by atoms with van der Waals surface area (Å²) in [6.07, 6.45) is 0.391. The van der Waals surface area contributed by atoms with E-state index in [-0.39, 0.29) is 31.0 Å². The quantitative estimate of drug-likeness (QED) is 0.318. The Bertz CT molecular complexity index is 1070. The highest BCUT2D eigenvalue weighted by Gasteiger charge is 2.31. The van der Waals surface area contributed by atoms with Crippen LogP contribution in [0.15, 0.2) is 78.9 Å². The van der Waals surface area contributed by atoms with Crippen LogP contribution in [0, 0.1) is 3.57 Å². The van der Waals surface area contributed by atoms with Gasteiger partial charge in [-0.3, -0.25) is 9.59 Å². The van der Waals surface area contributed by atoms with Crippen LogP contribution < -0.4 is 10.1 Å². The second kappa shape index (κ2) is 12.8. The standard InChI is InChI=1S/C27H28ClIN2O3/c1-19(2)30-27(33)25(16-20-6-4-3-5-7-20)31(17-21-8-10-22(28)11-9-21)26(32)18-34-24-14-12-23(29)13-15-24/h3-15,19,25H,16-18H2,1-2H3,(H,30,33)/t25-/m0/s1. The molecule has 178 valence electrons. The van der Waals surface area contributed by atoms with E-state index >= 15 is 0 Å². The fourth-order valence-corrected chi connectivity index (χ4v) is 3.97. The minimum Gasteiger partial charge on any atom is -0.484 e. The van der Waals surface area contributed by atoms with Crippen molar-refractivity contribution in [1.29, 1.82) is 0 Å². The zero-order valence-corrected chi connectivity index (χ0v) is 22.1. The summed E-state index contributed by atoms with van der Waals surface area (Å²) in [5.74, 6) is 0.134. The number of carbonyl (C=O) groups is 2. The van der Waals surface area contributed by atoms with E-state index in [1.54, 1.807) is 17.0 Å². The first-order valence-corrected chi connectivity index (χ1v) is 12.5. The summed E-state index contributed by atoms with van der Waals surface area (Å²) in [7, 11) is 0. The number of benzene rings is 3. The van der Waals surface area contributed by atoms with Crippen LogP contribution >= 0.6 is 34.2 Å². The average Bonchev–Trinajstić information content (AvgIpc) is 2.82. The van der Waals surface area contributed by atoms with Gasteiger partial charge in [0.25, 0.3) is 5.91 Å². The number of halogens is 2. The van der Waals surface area contributed by atoms with Crippen LogP contribution in [-0.2, 0) is 22.6 Å². The molecule has 3 aromatic rings. The molecule has 0 bridgehead atoms. The van der Waals surface area contributed by atoms with Gasteiger partial charge in [0, 0.05) is 27.6 Å². The van der Waals surface area contributed by atoms with Gasteiger partial charge in [0.2, 0.25) is 5.91 Å². The SMILES string of the molecule is CC(C)NC(=O)[C@H](Cc1ccccc1)N(Cc1ccc(Cl)cc1)C(=O)COc1ccc(I)cc1. The third-order valence-electron chi connectivity index (χ3n) is 5.14. The maximum atomic E-state index is 13.5. The molecule has 34 heavy (non-hydrogen) atoms. The average molecular weight is 591 g/mol. The van der Waals surface area contributed by atoms with Gasteiger partial charge in [-0.05, 0) is 84.0 Å². The van der Waals surface area contributed by atoms with Gasteiger partial charge in [-0.15, -0.1) is 0 Å². The first-order valence-electron chi connectivity index (χ1n) is 11.1. The maximum absolute atomic E-state index is 13.5. The van der Waals surface area contributed by atoms with Gasteiger partial charge in [0.1, 0.15) is 11.8 Å². The summed E-state index contributed by atoms with van der Waals surface area (Å²) in [5.41, 5.74) is 1.85. The highest BCUT2D eigenvalue weighted by molar-refractivity contribution is 14.1. The molecule has 0 aliphatic heterocycles. The van der Waals surface area contributed by atoms with Gasteiger partial charge >= 0.3 is 0 Å². The van der Waals surface area contributed by atoms with Crippen LogP contribution in [0.1, 0.15) is 25.0 Å². The van der Waals surface area contributed by atoms with Gasteiger partial charge in [-0.1, -0.05) is 54.1 Å². The number of carbonyl (C=O) groups excluding carboxylic acids is 2. The largest absolute Gasteiger partial charge is 0.484 e. The minimum atomic E-state index is -0.701. The number of hydrogen-bond acceptors (Lipinski definition) is 3. The van der Waals surface area contributed by atoms with Crippen molar-refractivity contribution in [3.05, 3.63) is 98.6 Å². The van der Waals surface area contributed by atoms with Crippen LogP contribution in [0.5, 0.6) is 5.75 Å². The van der Waals surface area contributed by atoms with Crippen molar-refractivity contribution in [2.75, 3.05) is 6.61 Å². The Morgan fingerprint density at radius 2 is 1.59 bits per heavy atom. The van der Waals surface area contributed by atoms with E-state index in [1.165, 1.54) is 0 Å². The van der Waals surface area contributed by atoms with Crippen LogP contribution in [0.2, 0.25) is 5.02 Å². The van der Waals surface area contributed by atoms with E-state index in [9.17, 15) is 9.59 Å². The number of nitrogens with zero attached hydrogens (tertiary/aromatic N) is 1. The summed E-state index contributed by atoms with van der Waals surface area (Å²) in [4.78, 5) is 28.4. The van der Waals surface area contributed by atoms with E-state index in [1.807, 2.05) is 80.6 Å². The molecule has 0 fully saturated rings. The first-order chi connectivity index (χ1) is 16.3. The Balaban J connectivity index is 1.89.